The molecule has 0 aromatic heterocycles. The predicted molar refractivity (Wildman–Crippen MR) is 258 cm³/mol. The van der Waals surface area contributed by atoms with Crippen molar-refractivity contribution in [1.82, 2.24) is 0 Å². The first-order valence-electron chi connectivity index (χ1n) is 26.0. The Morgan fingerprint density at radius 2 is 0.871 bits per heavy atom. The second-order valence-electron chi connectivity index (χ2n) is 18.8. The minimum Gasteiger partial charge on any atom is -0.477 e. The number of carbonyl (C=O) groups excluding carboxylic acids is 2. The molecule has 0 saturated heterocycles. The van der Waals surface area contributed by atoms with Gasteiger partial charge in [-0.05, 0) is 44.9 Å². The zero-order valence-corrected chi connectivity index (χ0v) is 41.3. The van der Waals surface area contributed by atoms with Crippen LogP contribution in [0.5, 0.6) is 0 Å². The molecular weight excluding hydrogens is 779 g/mol. The maximum Gasteiger partial charge on any atom is 0.361 e. The van der Waals surface area contributed by atoms with Crippen LogP contribution in [0, 0.1) is 0 Å². The van der Waals surface area contributed by atoms with Crippen LogP contribution in [0.15, 0.2) is 24.3 Å². The molecule has 2 unspecified atom stereocenters. The standard InChI is InChI=1S/C53H99NO8/c1-6-8-10-12-14-15-16-17-18-19-20-21-22-23-24-25-26-27-28-29-30-31-32-33-34-35-36-37-38-40-42-44-51(56)62-49(47-60-50(55)43-41-39-13-11-9-7-2)48-61-53(52(57)58)59-46-45-54(3,4)5/h16-17,19-20,49,53H,6-15,18,21-48H2,1-5H3/p+1/b17-16-,20-19-. The molecule has 0 aliphatic heterocycles. The maximum absolute atomic E-state index is 12.7. The molecule has 62 heavy (non-hydrogen) atoms. The molecule has 0 heterocycles. The number of allylic oxidation sites excluding steroid dienone is 4. The number of hydrogen-bond donors (Lipinski definition) is 1. The van der Waals surface area contributed by atoms with E-state index in [1.54, 1.807) is 0 Å². The molecule has 9 heteroatoms. The average molecular weight is 879 g/mol. The van der Waals surface area contributed by atoms with Gasteiger partial charge in [0.25, 0.3) is 6.29 Å². The second kappa shape index (κ2) is 45.3. The molecule has 0 aliphatic carbocycles. The Morgan fingerprint density at radius 3 is 1.27 bits per heavy atom. The Bertz CT molecular complexity index is 1070. The molecule has 0 amide bonds. The molecule has 2 atom stereocenters. The Labute approximate surface area is 382 Å². The largest absolute Gasteiger partial charge is 0.477 e. The Hall–Kier alpha value is -2.23. The summed E-state index contributed by atoms with van der Waals surface area (Å²) in [6.07, 6.45) is 48.7. The van der Waals surface area contributed by atoms with Crippen LogP contribution in [-0.2, 0) is 33.3 Å². The summed E-state index contributed by atoms with van der Waals surface area (Å²) in [5, 5.41) is 9.61. The van der Waals surface area contributed by atoms with Crippen molar-refractivity contribution in [1.29, 1.82) is 0 Å². The van der Waals surface area contributed by atoms with Crippen molar-refractivity contribution in [3.8, 4) is 0 Å². The molecular formula is C53H100NO8+. The highest BCUT2D eigenvalue weighted by molar-refractivity contribution is 5.71. The van der Waals surface area contributed by atoms with E-state index in [-0.39, 0.29) is 32.2 Å². The Balaban J connectivity index is 3.96. The fraction of sp³-hybridized carbons (Fsp3) is 0.868. The van der Waals surface area contributed by atoms with Crippen LogP contribution in [0.1, 0.15) is 239 Å². The van der Waals surface area contributed by atoms with Gasteiger partial charge in [-0.3, -0.25) is 9.59 Å². The maximum atomic E-state index is 12.7. The van der Waals surface area contributed by atoms with Crippen LogP contribution in [0.25, 0.3) is 0 Å². The first kappa shape index (κ1) is 59.8. The van der Waals surface area contributed by atoms with Gasteiger partial charge in [0.05, 0.1) is 34.4 Å². The predicted octanol–water partition coefficient (Wildman–Crippen LogP) is 14.4. The fourth-order valence-electron chi connectivity index (χ4n) is 7.40. The number of likely N-dealkylation sites (N-methyl/N-ethyl adjacent to an activating group) is 1. The molecule has 9 nitrogen and oxygen atoms in total. The van der Waals surface area contributed by atoms with E-state index in [2.05, 4.69) is 38.2 Å². The molecule has 0 spiro atoms. The van der Waals surface area contributed by atoms with Crippen molar-refractivity contribution < 1.29 is 42.9 Å². The van der Waals surface area contributed by atoms with Crippen molar-refractivity contribution in [2.75, 3.05) is 47.5 Å². The highest BCUT2D eigenvalue weighted by atomic mass is 16.7. The topological polar surface area (TPSA) is 108 Å². The third-order valence-electron chi connectivity index (χ3n) is 11.5. The van der Waals surface area contributed by atoms with E-state index in [4.69, 9.17) is 18.9 Å². The van der Waals surface area contributed by atoms with Crippen LogP contribution >= 0.6 is 0 Å². The van der Waals surface area contributed by atoms with Crippen molar-refractivity contribution in [3.05, 3.63) is 24.3 Å². The zero-order valence-electron chi connectivity index (χ0n) is 41.3. The van der Waals surface area contributed by atoms with E-state index in [1.165, 1.54) is 167 Å². The molecule has 0 fully saturated rings. The lowest BCUT2D eigenvalue weighted by Gasteiger charge is -2.25. The second-order valence-corrected chi connectivity index (χ2v) is 18.8. The monoisotopic (exact) mass is 879 g/mol. The molecule has 0 saturated carbocycles. The van der Waals surface area contributed by atoms with Gasteiger partial charge in [-0.1, -0.05) is 205 Å². The van der Waals surface area contributed by atoms with E-state index < -0.39 is 24.3 Å². The van der Waals surface area contributed by atoms with Gasteiger partial charge in [0.15, 0.2) is 6.10 Å². The zero-order chi connectivity index (χ0) is 45.6. The summed E-state index contributed by atoms with van der Waals surface area (Å²) in [5.74, 6) is -2.00. The summed E-state index contributed by atoms with van der Waals surface area (Å²) < 4.78 is 22.6. The van der Waals surface area contributed by atoms with E-state index >= 15 is 0 Å². The van der Waals surface area contributed by atoms with Gasteiger partial charge in [-0.2, -0.15) is 0 Å². The summed E-state index contributed by atoms with van der Waals surface area (Å²) in [7, 11) is 5.95. The molecule has 0 aromatic rings. The van der Waals surface area contributed by atoms with Gasteiger partial charge in [0, 0.05) is 12.8 Å². The number of unbranched alkanes of at least 4 members (excludes halogenated alkanes) is 29. The van der Waals surface area contributed by atoms with Crippen molar-refractivity contribution >= 4 is 17.9 Å². The highest BCUT2D eigenvalue weighted by Gasteiger charge is 2.25. The molecule has 0 rings (SSSR count). The SMILES string of the molecule is CCCCCCC/C=C\C/C=C\CCCCCCCCCCCCCCCCCCCCCC(=O)OC(COC(=O)CCCCCCCC)COC(OCC[N+](C)(C)C)C(=O)O. The van der Waals surface area contributed by atoms with Crippen molar-refractivity contribution in [3.63, 3.8) is 0 Å². The van der Waals surface area contributed by atoms with Crippen molar-refractivity contribution in [2.24, 2.45) is 0 Å². The van der Waals surface area contributed by atoms with E-state index in [0.29, 0.717) is 17.4 Å². The molecule has 0 aromatic carbocycles. The van der Waals surface area contributed by atoms with Crippen LogP contribution in [0.2, 0.25) is 0 Å². The number of esters is 2. The van der Waals surface area contributed by atoms with Gasteiger partial charge in [0.1, 0.15) is 13.2 Å². The summed E-state index contributed by atoms with van der Waals surface area (Å²) in [6, 6.07) is 0. The van der Waals surface area contributed by atoms with Gasteiger partial charge in [0.2, 0.25) is 0 Å². The summed E-state index contributed by atoms with van der Waals surface area (Å²) in [4.78, 5) is 36.9. The first-order valence-corrected chi connectivity index (χ1v) is 26.0. The Morgan fingerprint density at radius 1 is 0.484 bits per heavy atom. The van der Waals surface area contributed by atoms with Crippen LogP contribution < -0.4 is 0 Å². The smallest absolute Gasteiger partial charge is 0.361 e. The lowest BCUT2D eigenvalue weighted by Crippen LogP contribution is -2.40. The van der Waals surface area contributed by atoms with Crippen molar-refractivity contribution in [2.45, 2.75) is 251 Å². The van der Waals surface area contributed by atoms with Gasteiger partial charge in [-0.15, -0.1) is 0 Å². The Kier molecular flexibility index (Phi) is 43.7. The number of ether oxygens (including phenoxy) is 4. The number of rotatable bonds is 48. The third-order valence-corrected chi connectivity index (χ3v) is 11.5. The number of quaternary nitrogens is 1. The lowest BCUT2D eigenvalue weighted by atomic mass is 10.0. The third kappa shape index (κ3) is 45.8. The number of hydrogen-bond acceptors (Lipinski definition) is 7. The fourth-order valence-corrected chi connectivity index (χ4v) is 7.40. The average Bonchev–Trinajstić information content (AvgIpc) is 3.23. The molecule has 0 radical (unpaired) electrons. The number of carboxylic acid groups (broad SMARTS) is 1. The van der Waals surface area contributed by atoms with Gasteiger partial charge >= 0.3 is 17.9 Å². The first-order chi connectivity index (χ1) is 30.1. The van der Waals surface area contributed by atoms with Crippen LogP contribution in [0.3, 0.4) is 0 Å². The number of carboxylic acids is 1. The van der Waals surface area contributed by atoms with Crippen LogP contribution in [-0.4, -0.2) is 87.4 Å². The molecule has 1 N–H and O–H groups in total. The van der Waals surface area contributed by atoms with Crippen LogP contribution in [0.4, 0.5) is 0 Å². The number of aliphatic carboxylic acids is 1. The number of nitrogens with zero attached hydrogens (tertiary/aromatic N) is 1. The quantitative estimate of drug-likeness (QED) is 0.0212. The summed E-state index contributed by atoms with van der Waals surface area (Å²) in [5.41, 5.74) is 0. The summed E-state index contributed by atoms with van der Waals surface area (Å²) >= 11 is 0. The summed E-state index contributed by atoms with van der Waals surface area (Å²) in [6.45, 7) is 4.81. The van der Waals surface area contributed by atoms with E-state index in [9.17, 15) is 19.5 Å². The minimum atomic E-state index is -1.50. The molecule has 0 bridgehead atoms. The minimum absolute atomic E-state index is 0.178. The lowest BCUT2D eigenvalue weighted by molar-refractivity contribution is -0.870. The van der Waals surface area contributed by atoms with Gasteiger partial charge < -0.3 is 28.5 Å². The highest BCUT2D eigenvalue weighted by Crippen LogP contribution is 2.16. The van der Waals surface area contributed by atoms with E-state index in [0.717, 1.165) is 44.9 Å². The molecule has 364 valence electrons. The number of carbonyl (C=O) groups is 3. The molecule has 0 aliphatic rings. The normalized spacial score (nSPS) is 13.0. The van der Waals surface area contributed by atoms with Gasteiger partial charge in [-0.25, -0.2) is 4.79 Å². The van der Waals surface area contributed by atoms with E-state index in [1.807, 2.05) is 21.1 Å².